The number of aryl methyl sites for hydroxylation is 1. The molecule has 112 valence electrons. The van der Waals surface area contributed by atoms with Crippen molar-refractivity contribution in [3.05, 3.63) is 70.8 Å². The second-order valence-corrected chi connectivity index (χ2v) is 5.22. The summed E-state index contributed by atoms with van der Waals surface area (Å²) in [4.78, 5) is 0. The average molecular weight is 291 g/mol. The van der Waals surface area contributed by atoms with Crippen LogP contribution in [0.25, 0.3) is 0 Å². The lowest BCUT2D eigenvalue weighted by atomic mass is 10.1. The molecule has 0 heterocycles. The predicted molar refractivity (Wildman–Crippen MR) is 78.9 cm³/mol. The molecule has 1 unspecified atom stereocenters. The standard InChI is InChI=1S/C17H19F2NO/c1-11-3-5-13(6-4-11)12(2)20-10-17(21)15-9-14(18)7-8-16(15)19/h3-9,12,17,20-21H,10H2,1-2H3/t12-,17?/m0/s1. The van der Waals surface area contributed by atoms with Crippen LogP contribution in [-0.2, 0) is 0 Å². The maximum absolute atomic E-state index is 13.6. The monoisotopic (exact) mass is 291 g/mol. The Morgan fingerprint density at radius 1 is 1.10 bits per heavy atom. The van der Waals surface area contributed by atoms with Gasteiger partial charge in [-0.2, -0.15) is 0 Å². The lowest BCUT2D eigenvalue weighted by Crippen LogP contribution is -2.25. The summed E-state index contributed by atoms with van der Waals surface area (Å²) in [5, 5.41) is 13.1. The van der Waals surface area contributed by atoms with Gasteiger partial charge in [-0.05, 0) is 37.6 Å². The molecule has 4 heteroatoms. The molecule has 2 N–H and O–H groups in total. The zero-order chi connectivity index (χ0) is 15.4. The minimum atomic E-state index is -1.09. The molecule has 0 aliphatic rings. The van der Waals surface area contributed by atoms with E-state index in [2.05, 4.69) is 5.32 Å². The maximum Gasteiger partial charge on any atom is 0.129 e. The van der Waals surface area contributed by atoms with E-state index in [1.807, 2.05) is 38.1 Å². The number of halogens is 2. The number of rotatable bonds is 5. The van der Waals surface area contributed by atoms with Gasteiger partial charge in [-0.3, -0.25) is 0 Å². The van der Waals surface area contributed by atoms with Gasteiger partial charge in [0.2, 0.25) is 0 Å². The Labute approximate surface area is 123 Å². The SMILES string of the molecule is Cc1ccc([C@H](C)NCC(O)c2cc(F)ccc2F)cc1. The molecule has 0 spiro atoms. The van der Waals surface area contributed by atoms with Crippen LogP contribution in [0.4, 0.5) is 8.78 Å². The van der Waals surface area contributed by atoms with Gasteiger partial charge in [-0.25, -0.2) is 8.78 Å². The first kappa shape index (κ1) is 15.6. The summed E-state index contributed by atoms with van der Waals surface area (Å²) >= 11 is 0. The number of nitrogens with one attached hydrogen (secondary N) is 1. The molecule has 0 fully saturated rings. The van der Waals surface area contributed by atoms with E-state index in [0.717, 1.165) is 23.8 Å². The Morgan fingerprint density at radius 2 is 1.76 bits per heavy atom. The van der Waals surface area contributed by atoms with Crippen molar-refractivity contribution in [1.29, 1.82) is 0 Å². The topological polar surface area (TPSA) is 32.3 Å². The molecule has 2 rings (SSSR count). The Bertz CT molecular complexity index is 598. The van der Waals surface area contributed by atoms with E-state index in [1.165, 1.54) is 5.56 Å². The van der Waals surface area contributed by atoms with E-state index in [-0.39, 0.29) is 18.2 Å². The molecular formula is C17H19F2NO. The van der Waals surface area contributed by atoms with Crippen LogP contribution in [0.2, 0.25) is 0 Å². The molecule has 0 saturated carbocycles. The van der Waals surface area contributed by atoms with Crippen LogP contribution in [0.3, 0.4) is 0 Å². The molecular weight excluding hydrogens is 272 g/mol. The number of benzene rings is 2. The first-order valence-corrected chi connectivity index (χ1v) is 6.90. The quantitative estimate of drug-likeness (QED) is 0.881. The van der Waals surface area contributed by atoms with Crippen molar-refractivity contribution in [2.75, 3.05) is 6.54 Å². The lowest BCUT2D eigenvalue weighted by molar-refractivity contribution is 0.166. The third kappa shape index (κ3) is 4.09. The van der Waals surface area contributed by atoms with Crippen LogP contribution in [0.15, 0.2) is 42.5 Å². The van der Waals surface area contributed by atoms with Gasteiger partial charge >= 0.3 is 0 Å². The summed E-state index contributed by atoms with van der Waals surface area (Å²) < 4.78 is 26.7. The molecule has 0 aromatic heterocycles. The second kappa shape index (κ2) is 6.78. The smallest absolute Gasteiger partial charge is 0.129 e. The molecule has 2 atom stereocenters. The van der Waals surface area contributed by atoms with E-state index in [0.29, 0.717) is 0 Å². The first-order chi connectivity index (χ1) is 9.97. The van der Waals surface area contributed by atoms with E-state index in [4.69, 9.17) is 0 Å². The van der Waals surface area contributed by atoms with Crippen molar-refractivity contribution in [3.8, 4) is 0 Å². The fraction of sp³-hybridized carbons (Fsp3) is 0.294. The average Bonchev–Trinajstić information content (AvgIpc) is 2.47. The minimum Gasteiger partial charge on any atom is -0.387 e. The second-order valence-electron chi connectivity index (χ2n) is 5.22. The van der Waals surface area contributed by atoms with Gasteiger partial charge in [0.15, 0.2) is 0 Å². The summed E-state index contributed by atoms with van der Waals surface area (Å²) in [7, 11) is 0. The van der Waals surface area contributed by atoms with Gasteiger partial charge in [-0.1, -0.05) is 29.8 Å². The Balaban J connectivity index is 1.98. The van der Waals surface area contributed by atoms with Crippen LogP contribution < -0.4 is 5.32 Å². The largest absolute Gasteiger partial charge is 0.387 e. The van der Waals surface area contributed by atoms with Crippen molar-refractivity contribution in [1.82, 2.24) is 5.32 Å². The zero-order valence-corrected chi connectivity index (χ0v) is 12.1. The molecule has 0 aliphatic carbocycles. The number of aliphatic hydroxyl groups excluding tert-OH is 1. The highest BCUT2D eigenvalue weighted by Gasteiger charge is 2.15. The molecule has 2 aromatic carbocycles. The fourth-order valence-electron chi connectivity index (χ4n) is 2.14. The van der Waals surface area contributed by atoms with Crippen molar-refractivity contribution < 1.29 is 13.9 Å². The Kier molecular flexibility index (Phi) is 5.04. The minimum absolute atomic E-state index is 0.0110. The third-order valence-electron chi connectivity index (χ3n) is 3.51. The number of hydrogen-bond acceptors (Lipinski definition) is 2. The normalized spacial score (nSPS) is 14.0. The van der Waals surface area contributed by atoms with Crippen molar-refractivity contribution in [2.24, 2.45) is 0 Å². The molecule has 0 bridgehead atoms. The molecule has 2 aromatic rings. The van der Waals surface area contributed by atoms with Gasteiger partial charge in [0.1, 0.15) is 11.6 Å². The highest BCUT2D eigenvalue weighted by molar-refractivity contribution is 5.24. The Morgan fingerprint density at radius 3 is 2.43 bits per heavy atom. The van der Waals surface area contributed by atoms with Crippen LogP contribution >= 0.6 is 0 Å². The van der Waals surface area contributed by atoms with Crippen LogP contribution in [-0.4, -0.2) is 11.7 Å². The van der Waals surface area contributed by atoms with Crippen LogP contribution in [0.5, 0.6) is 0 Å². The van der Waals surface area contributed by atoms with E-state index < -0.39 is 17.7 Å². The van der Waals surface area contributed by atoms with E-state index >= 15 is 0 Å². The van der Waals surface area contributed by atoms with Gasteiger partial charge in [-0.15, -0.1) is 0 Å². The molecule has 0 saturated heterocycles. The molecule has 21 heavy (non-hydrogen) atoms. The highest BCUT2D eigenvalue weighted by Crippen LogP contribution is 2.19. The molecule has 2 nitrogen and oxygen atoms in total. The van der Waals surface area contributed by atoms with Gasteiger partial charge in [0.25, 0.3) is 0 Å². The zero-order valence-electron chi connectivity index (χ0n) is 12.1. The van der Waals surface area contributed by atoms with Crippen LogP contribution in [0.1, 0.15) is 35.8 Å². The fourth-order valence-corrected chi connectivity index (χ4v) is 2.14. The summed E-state index contributed by atoms with van der Waals surface area (Å²) in [5.41, 5.74) is 2.22. The maximum atomic E-state index is 13.6. The van der Waals surface area contributed by atoms with Crippen molar-refractivity contribution >= 4 is 0 Å². The number of aliphatic hydroxyl groups is 1. The first-order valence-electron chi connectivity index (χ1n) is 6.90. The van der Waals surface area contributed by atoms with E-state index in [9.17, 15) is 13.9 Å². The lowest BCUT2D eigenvalue weighted by Gasteiger charge is -2.18. The summed E-state index contributed by atoms with van der Waals surface area (Å²) in [6.07, 6.45) is -1.09. The summed E-state index contributed by atoms with van der Waals surface area (Å²) in [6.45, 7) is 4.12. The van der Waals surface area contributed by atoms with Crippen molar-refractivity contribution in [3.63, 3.8) is 0 Å². The van der Waals surface area contributed by atoms with Crippen molar-refractivity contribution in [2.45, 2.75) is 26.0 Å². The predicted octanol–water partition coefficient (Wildman–Crippen LogP) is 3.66. The van der Waals surface area contributed by atoms with Gasteiger partial charge in [0, 0.05) is 18.2 Å². The highest BCUT2D eigenvalue weighted by atomic mass is 19.1. The molecule has 0 aliphatic heterocycles. The van der Waals surface area contributed by atoms with Crippen LogP contribution in [0, 0.1) is 18.6 Å². The van der Waals surface area contributed by atoms with E-state index in [1.54, 1.807) is 0 Å². The third-order valence-corrected chi connectivity index (χ3v) is 3.51. The molecule has 0 amide bonds. The van der Waals surface area contributed by atoms with Gasteiger partial charge < -0.3 is 10.4 Å². The molecule has 0 radical (unpaired) electrons. The summed E-state index contributed by atoms with van der Waals surface area (Å²) in [6, 6.07) is 11.1. The number of hydrogen-bond donors (Lipinski definition) is 2. The van der Waals surface area contributed by atoms with Gasteiger partial charge in [0.05, 0.1) is 6.10 Å². The Hall–Kier alpha value is -1.78. The summed E-state index contributed by atoms with van der Waals surface area (Å²) in [5.74, 6) is -1.16.